The van der Waals surface area contributed by atoms with E-state index in [1.54, 1.807) is 0 Å². The molecule has 0 aliphatic heterocycles. The zero-order valence-corrected chi connectivity index (χ0v) is 10.5. The van der Waals surface area contributed by atoms with Crippen molar-refractivity contribution in [2.24, 2.45) is 23.3 Å². The number of H-pyrrole nitrogens is 1. The van der Waals surface area contributed by atoms with Gasteiger partial charge in [-0.25, -0.2) is 0 Å². The van der Waals surface area contributed by atoms with E-state index < -0.39 is 0 Å². The molecule has 3 heteroatoms. The molecule has 92 valence electrons. The first kappa shape index (κ1) is 12.1. The highest BCUT2D eigenvalue weighted by Gasteiger charge is 2.23. The lowest BCUT2D eigenvalue weighted by Crippen LogP contribution is -2.31. The SMILES string of the molecule is CC(C)C(CN)C(N)c1c[nH]c2ccccc12. The molecule has 1 aromatic heterocycles. The van der Waals surface area contributed by atoms with Crippen LogP contribution in [0.1, 0.15) is 25.5 Å². The number of nitrogens with one attached hydrogen (secondary N) is 1. The van der Waals surface area contributed by atoms with Crippen LogP contribution in [0.25, 0.3) is 10.9 Å². The van der Waals surface area contributed by atoms with Gasteiger partial charge in [0.25, 0.3) is 0 Å². The Balaban J connectivity index is 2.39. The first-order chi connectivity index (χ1) is 8.15. The summed E-state index contributed by atoms with van der Waals surface area (Å²) in [5.41, 5.74) is 14.5. The summed E-state index contributed by atoms with van der Waals surface area (Å²) in [5, 5.41) is 1.21. The van der Waals surface area contributed by atoms with Gasteiger partial charge in [-0.1, -0.05) is 32.0 Å². The highest BCUT2D eigenvalue weighted by atomic mass is 14.7. The van der Waals surface area contributed by atoms with Crippen LogP contribution in [0.5, 0.6) is 0 Å². The quantitative estimate of drug-likeness (QED) is 0.756. The van der Waals surface area contributed by atoms with Crippen LogP contribution in [0, 0.1) is 11.8 Å². The zero-order chi connectivity index (χ0) is 12.4. The molecule has 0 spiro atoms. The third-order valence-electron chi connectivity index (χ3n) is 3.57. The summed E-state index contributed by atoms with van der Waals surface area (Å²) in [6.45, 7) is 4.97. The van der Waals surface area contributed by atoms with Crippen molar-refractivity contribution in [1.29, 1.82) is 0 Å². The molecule has 0 amide bonds. The van der Waals surface area contributed by atoms with E-state index in [1.807, 2.05) is 18.3 Å². The predicted molar refractivity (Wildman–Crippen MR) is 72.6 cm³/mol. The highest BCUT2D eigenvalue weighted by Crippen LogP contribution is 2.30. The summed E-state index contributed by atoms with van der Waals surface area (Å²) in [4.78, 5) is 3.27. The lowest BCUT2D eigenvalue weighted by molar-refractivity contribution is 0.332. The molecule has 2 unspecified atom stereocenters. The van der Waals surface area contributed by atoms with E-state index in [-0.39, 0.29) is 6.04 Å². The average Bonchev–Trinajstić information content (AvgIpc) is 2.72. The van der Waals surface area contributed by atoms with Gasteiger partial charge < -0.3 is 16.5 Å². The maximum Gasteiger partial charge on any atom is 0.0457 e. The number of aromatic nitrogens is 1. The molecule has 0 bridgehead atoms. The Morgan fingerprint density at radius 3 is 2.59 bits per heavy atom. The maximum absolute atomic E-state index is 6.36. The van der Waals surface area contributed by atoms with Gasteiger partial charge in [0.1, 0.15) is 0 Å². The molecule has 0 aliphatic rings. The normalized spacial score (nSPS) is 15.4. The van der Waals surface area contributed by atoms with Gasteiger partial charge in [-0.3, -0.25) is 0 Å². The van der Waals surface area contributed by atoms with Gasteiger partial charge in [-0.05, 0) is 30.0 Å². The van der Waals surface area contributed by atoms with E-state index in [1.165, 1.54) is 10.9 Å². The van der Waals surface area contributed by atoms with Crippen LogP contribution >= 0.6 is 0 Å². The van der Waals surface area contributed by atoms with Gasteiger partial charge in [0.15, 0.2) is 0 Å². The number of fused-ring (bicyclic) bond motifs is 1. The molecule has 1 heterocycles. The summed E-state index contributed by atoms with van der Waals surface area (Å²) >= 11 is 0. The Morgan fingerprint density at radius 1 is 1.24 bits per heavy atom. The Morgan fingerprint density at radius 2 is 1.94 bits per heavy atom. The summed E-state index contributed by atoms with van der Waals surface area (Å²) < 4.78 is 0. The molecule has 17 heavy (non-hydrogen) atoms. The molecule has 0 aliphatic carbocycles. The number of hydrogen-bond donors (Lipinski definition) is 3. The highest BCUT2D eigenvalue weighted by molar-refractivity contribution is 5.83. The van der Waals surface area contributed by atoms with Crippen molar-refractivity contribution >= 4 is 10.9 Å². The van der Waals surface area contributed by atoms with E-state index in [0.717, 1.165) is 5.52 Å². The van der Waals surface area contributed by atoms with E-state index in [9.17, 15) is 0 Å². The predicted octanol–water partition coefficient (Wildman–Crippen LogP) is 2.40. The van der Waals surface area contributed by atoms with Crippen LogP contribution in [0.15, 0.2) is 30.5 Å². The largest absolute Gasteiger partial charge is 0.361 e. The Bertz CT molecular complexity index is 487. The average molecular weight is 231 g/mol. The molecular formula is C14H21N3. The van der Waals surface area contributed by atoms with Gasteiger partial charge in [-0.2, -0.15) is 0 Å². The Hall–Kier alpha value is -1.32. The topological polar surface area (TPSA) is 67.8 Å². The van der Waals surface area contributed by atoms with Crippen LogP contribution < -0.4 is 11.5 Å². The number of aromatic amines is 1. The lowest BCUT2D eigenvalue weighted by atomic mass is 9.85. The lowest BCUT2D eigenvalue weighted by Gasteiger charge is -2.25. The first-order valence-corrected chi connectivity index (χ1v) is 6.16. The molecule has 2 atom stereocenters. The van der Waals surface area contributed by atoms with Crippen molar-refractivity contribution in [2.75, 3.05) is 6.54 Å². The summed E-state index contributed by atoms with van der Waals surface area (Å²) in [7, 11) is 0. The van der Waals surface area contributed by atoms with Gasteiger partial charge in [0.05, 0.1) is 0 Å². The van der Waals surface area contributed by atoms with E-state index in [2.05, 4.69) is 31.0 Å². The summed E-state index contributed by atoms with van der Waals surface area (Å²) in [5.74, 6) is 0.804. The maximum atomic E-state index is 6.36. The van der Waals surface area contributed by atoms with Crippen LogP contribution in [0.3, 0.4) is 0 Å². The van der Waals surface area contributed by atoms with E-state index >= 15 is 0 Å². The smallest absolute Gasteiger partial charge is 0.0457 e. The third-order valence-corrected chi connectivity index (χ3v) is 3.57. The van der Waals surface area contributed by atoms with Crippen LogP contribution in [-0.4, -0.2) is 11.5 Å². The van der Waals surface area contributed by atoms with Crippen molar-refractivity contribution < 1.29 is 0 Å². The van der Waals surface area contributed by atoms with Crippen LogP contribution in [-0.2, 0) is 0 Å². The minimum absolute atomic E-state index is 0.00356. The second-order valence-electron chi connectivity index (χ2n) is 4.96. The minimum Gasteiger partial charge on any atom is -0.361 e. The number of hydrogen-bond acceptors (Lipinski definition) is 2. The van der Waals surface area contributed by atoms with Crippen molar-refractivity contribution in [3.63, 3.8) is 0 Å². The van der Waals surface area contributed by atoms with Crippen molar-refractivity contribution in [1.82, 2.24) is 4.98 Å². The molecule has 1 aromatic carbocycles. The standard InChI is InChI=1S/C14H21N3/c1-9(2)11(7-15)14(16)12-8-17-13-6-4-3-5-10(12)13/h3-6,8-9,11,14,17H,7,15-16H2,1-2H3. The molecular weight excluding hydrogens is 210 g/mol. The second kappa shape index (κ2) is 4.90. The summed E-state index contributed by atoms with van der Waals surface area (Å²) in [6, 6.07) is 8.24. The van der Waals surface area contributed by atoms with E-state index in [4.69, 9.17) is 11.5 Å². The number of benzene rings is 1. The van der Waals surface area contributed by atoms with Crippen molar-refractivity contribution in [2.45, 2.75) is 19.9 Å². The zero-order valence-electron chi connectivity index (χ0n) is 10.5. The van der Waals surface area contributed by atoms with Crippen LogP contribution in [0.4, 0.5) is 0 Å². The van der Waals surface area contributed by atoms with E-state index in [0.29, 0.717) is 18.4 Å². The molecule has 3 nitrogen and oxygen atoms in total. The fourth-order valence-corrected chi connectivity index (χ4v) is 2.43. The van der Waals surface area contributed by atoms with Crippen molar-refractivity contribution in [3.05, 3.63) is 36.0 Å². The van der Waals surface area contributed by atoms with Gasteiger partial charge in [-0.15, -0.1) is 0 Å². The molecule has 2 rings (SSSR count). The number of rotatable bonds is 4. The first-order valence-electron chi connectivity index (χ1n) is 6.16. The molecule has 0 radical (unpaired) electrons. The van der Waals surface area contributed by atoms with Gasteiger partial charge in [0, 0.05) is 23.1 Å². The fraction of sp³-hybridized carbons (Fsp3) is 0.429. The fourth-order valence-electron chi connectivity index (χ4n) is 2.43. The molecule has 0 saturated heterocycles. The Kier molecular flexibility index (Phi) is 3.50. The second-order valence-corrected chi connectivity index (χ2v) is 4.96. The third kappa shape index (κ3) is 2.21. The number of nitrogens with two attached hydrogens (primary N) is 2. The molecule has 0 saturated carbocycles. The Labute approximate surface area is 102 Å². The van der Waals surface area contributed by atoms with Crippen molar-refractivity contribution in [3.8, 4) is 0 Å². The summed E-state index contributed by atoms with van der Waals surface area (Å²) in [6.07, 6.45) is 2.01. The molecule has 2 aromatic rings. The van der Waals surface area contributed by atoms with Gasteiger partial charge >= 0.3 is 0 Å². The number of para-hydroxylation sites is 1. The minimum atomic E-state index is -0.00356. The van der Waals surface area contributed by atoms with Crippen LogP contribution in [0.2, 0.25) is 0 Å². The molecule has 5 N–H and O–H groups in total. The van der Waals surface area contributed by atoms with Gasteiger partial charge in [0.2, 0.25) is 0 Å². The molecule has 0 fully saturated rings. The monoisotopic (exact) mass is 231 g/mol.